The molecule has 0 bridgehead atoms. The molecule has 0 spiro atoms. The van der Waals surface area contributed by atoms with Crippen LogP contribution in [0.5, 0.6) is 0 Å². The van der Waals surface area contributed by atoms with Gasteiger partial charge in [0.1, 0.15) is 0 Å². The summed E-state index contributed by atoms with van der Waals surface area (Å²) in [7, 11) is -3.76. The van der Waals surface area contributed by atoms with Crippen molar-refractivity contribution in [2.75, 3.05) is 26.2 Å². The Bertz CT molecular complexity index is 1010. The van der Waals surface area contributed by atoms with Crippen LogP contribution in [0.4, 0.5) is 5.69 Å². The zero-order valence-corrected chi connectivity index (χ0v) is 16.5. The molecular formula is C19H21N3O5S. The molecule has 8 nitrogen and oxygen atoms in total. The number of piperazine rings is 1. The Morgan fingerprint density at radius 2 is 1.61 bits per heavy atom. The van der Waals surface area contributed by atoms with Gasteiger partial charge in [-0.1, -0.05) is 17.7 Å². The van der Waals surface area contributed by atoms with Gasteiger partial charge in [0.2, 0.25) is 10.0 Å². The summed E-state index contributed by atoms with van der Waals surface area (Å²) in [4.78, 5) is 24.6. The average molecular weight is 403 g/mol. The number of sulfonamides is 1. The molecule has 1 aliphatic rings. The number of nitrogens with zero attached hydrogens (tertiary/aromatic N) is 3. The maximum atomic E-state index is 12.8. The van der Waals surface area contributed by atoms with Crippen molar-refractivity contribution in [1.29, 1.82) is 0 Å². The third-order valence-electron chi connectivity index (χ3n) is 4.82. The standard InChI is InChI=1S/C19H21N3O5S/c1-14-3-8-18(15(2)13-14)19(23)20-9-11-21(12-10-20)28(26,27)17-6-4-16(5-7-17)22(24)25/h3-8,13H,9-12H2,1-2H3. The van der Waals surface area contributed by atoms with Gasteiger partial charge in [-0.25, -0.2) is 8.42 Å². The minimum atomic E-state index is -3.76. The van der Waals surface area contributed by atoms with E-state index in [1.807, 2.05) is 26.0 Å². The van der Waals surface area contributed by atoms with Crippen molar-refractivity contribution in [2.24, 2.45) is 0 Å². The summed E-state index contributed by atoms with van der Waals surface area (Å²) in [6.45, 7) is 4.78. The van der Waals surface area contributed by atoms with Gasteiger partial charge in [0.15, 0.2) is 0 Å². The Hall–Kier alpha value is -2.78. The predicted molar refractivity (Wildman–Crippen MR) is 104 cm³/mol. The quantitative estimate of drug-likeness (QED) is 0.576. The molecule has 0 aromatic heterocycles. The Kier molecular flexibility index (Phi) is 5.48. The molecule has 0 radical (unpaired) electrons. The SMILES string of the molecule is Cc1ccc(C(=O)N2CCN(S(=O)(=O)c3ccc([N+](=O)[O-])cc3)CC2)c(C)c1. The van der Waals surface area contributed by atoms with Crippen LogP contribution in [-0.2, 0) is 10.0 Å². The molecule has 0 unspecified atom stereocenters. The summed E-state index contributed by atoms with van der Waals surface area (Å²) in [5.41, 5.74) is 2.43. The van der Waals surface area contributed by atoms with E-state index in [2.05, 4.69) is 0 Å². The first-order valence-corrected chi connectivity index (χ1v) is 10.3. The summed E-state index contributed by atoms with van der Waals surface area (Å²) in [5, 5.41) is 10.7. The van der Waals surface area contributed by atoms with E-state index in [9.17, 15) is 23.3 Å². The van der Waals surface area contributed by atoms with E-state index in [1.165, 1.54) is 28.6 Å². The molecule has 0 N–H and O–H groups in total. The molecule has 3 rings (SSSR count). The van der Waals surface area contributed by atoms with E-state index in [0.717, 1.165) is 11.1 Å². The van der Waals surface area contributed by atoms with Gasteiger partial charge in [0, 0.05) is 43.9 Å². The molecule has 1 heterocycles. The lowest BCUT2D eigenvalue weighted by molar-refractivity contribution is -0.384. The van der Waals surface area contributed by atoms with Crippen LogP contribution < -0.4 is 0 Å². The molecular weight excluding hydrogens is 382 g/mol. The van der Waals surface area contributed by atoms with Crippen LogP contribution in [0.2, 0.25) is 0 Å². The van der Waals surface area contributed by atoms with E-state index in [0.29, 0.717) is 18.7 Å². The van der Waals surface area contributed by atoms with E-state index >= 15 is 0 Å². The highest BCUT2D eigenvalue weighted by Crippen LogP contribution is 2.22. The molecule has 2 aromatic rings. The van der Waals surface area contributed by atoms with Gasteiger partial charge in [-0.2, -0.15) is 4.31 Å². The van der Waals surface area contributed by atoms with Gasteiger partial charge in [-0.05, 0) is 37.6 Å². The molecule has 1 fully saturated rings. The summed E-state index contributed by atoms with van der Waals surface area (Å²) >= 11 is 0. The maximum Gasteiger partial charge on any atom is 0.269 e. The van der Waals surface area contributed by atoms with E-state index in [1.54, 1.807) is 11.0 Å². The van der Waals surface area contributed by atoms with Crippen LogP contribution in [-0.4, -0.2) is 54.6 Å². The van der Waals surface area contributed by atoms with E-state index < -0.39 is 14.9 Å². The smallest absolute Gasteiger partial charge is 0.269 e. The number of carbonyl (C=O) groups excluding carboxylic acids is 1. The minimum absolute atomic E-state index is 0.00672. The van der Waals surface area contributed by atoms with Crippen LogP contribution in [0.25, 0.3) is 0 Å². The molecule has 0 saturated carbocycles. The van der Waals surface area contributed by atoms with E-state index in [4.69, 9.17) is 0 Å². The summed E-state index contributed by atoms with van der Waals surface area (Å²) < 4.78 is 26.8. The number of amides is 1. The zero-order valence-electron chi connectivity index (χ0n) is 15.7. The van der Waals surface area contributed by atoms with Crippen LogP contribution >= 0.6 is 0 Å². The lowest BCUT2D eigenvalue weighted by Crippen LogP contribution is -2.50. The van der Waals surface area contributed by atoms with Crippen LogP contribution in [0.15, 0.2) is 47.4 Å². The largest absolute Gasteiger partial charge is 0.336 e. The Morgan fingerprint density at radius 3 is 2.14 bits per heavy atom. The van der Waals surface area contributed by atoms with Crippen molar-refractivity contribution in [3.05, 3.63) is 69.3 Å². The van der Waals surface area contributed by atoms with Crippen molar-refractivity contribution in [3.63, 3.8) is 0 Å². The normalized spacial score (nSPS) is 15.4. The first-order valence-electron chi connectivity index (χ1n) is 8.81. The van der Waals surface area contributed by atoms with Crippen LogP contribution in [0, 0.1) is 24.0 Å². The highest BCUT2D eigenvalue weighted by Gasteiger charge is 2.31. The Balaban J connectivity index is 1.70. The fraction of sp³-hybridized carbons (Fsp3) is 0.316. The molecule has 1 aliphatic heterocycles. The second-order valence-electron chi connectivity index (χ2n) is 6.77. The molecule has 1 amide bonds. The van der Waals surface area contributed by atoms with Gasteiger partial charge < -0.3 is 4.90 Å². The number of nitro groups is 1. The predicted octanol–water partition coefficient (Wildman–Crippen LogP) is 2.36. The molecule has 2 aromatic carbocycles. The summed E-state index contributed by atoms with van der Waals surface area (Å²) in [6, 6.07) is 10.5. The second-order valence-corrected chi connectivity index (χ2v) is 8.70. The lowest BCUT2D eigenvalue weighted by Gasteiger charge is -2.34. The van der Waals surface area contributed by atoms with Gasteiger partial charge in [0.05, 0.1) is 9.82 Å². The number of aryl methyl sites for hydroxylation is 2. The number of non-ortho nitro benzene ring substituents is 1. The fourth-order valence-electron chi connectivity index (χ4n) is 3.24. The third-order valence-corrected chi connectivity index (χ3v) is 6.74. The highest BCUT2D eigenvalue weighted by atomic mass is 32.2. The monoisotopic (exact) mass is 403 g/mol. The van der Waals surface area contributed by atoms with Crippen LogP contribution in [0.1, 0.15) is 21.5 Å². The van der Waals surface area contributed by atoms with Crippen molar-refractivity contribution >= 4 is 21.6 Å². The van der Waals surface area contributed by atoms with Gasteiger partial charge in [0.25, 0.3) is 11.6 Å². The number of hydrogen-bond donors (Lipinski definition) is 0. The number of nitro benzene ring substituents is 1. The zero-order chi connectivity index (χ0) is 20.5. The van der Waals surface area contributed by atoms with Crippen molar-refractivity contribution in [1.82, 2.24) is 9.21 Å². The second kappa shape index (κ2) is 7.69. The number of hydrogen-bond acceptors (Lipinski definition) is 5. The Labute approximate surface area is 163 Å². The lowest BCUT2D eigenvalue weighted by atomic mass is 10.0. The van der Waals surface area contributed by atoms with E-state index in [-0.39, 0.29) is 29.6 Å². The average Bonchev–Trinajstić information content (AvgIpc) is 2.67. The Morgan fingerprint density at radius 1 is 1.00 bits per heavy atom. The van der Waals surface area contributed by atoms with Crippen molar-refractivity contribution in [2.45, 2.75) is 18.7 Å². The topological polar surface area (TPSA) is 101 Å². The maximum absolute atomic E-state index is 12.8. The highest BCUT2D eigenvalue weighted by molar-refractivity contribution is 7.89. The number of benzene rings is 2. The summed E-state index contributed by atoms with van der Waals surface area (Å²) in [5.74, 6) is -0.107. The molecule has 1 saturated heterocycles. The number of carbonyl (C=O) groups is 1. The van der Waals surface area contributed by atoms with Gasteiger partial charge >= 0.3 is 0 Å². The third kappa shape index (κ3) is 3.90. The fourth-order valence-corrected chi connectivity index (χ4v) is 4.67. The van der Waals surface area contributed by atoms with Crippen molar-refractivity contribution in [3.8, 4) is 0 Å². The van der Waals surface area contributed by atoms with Gasteiger partial charge in [-0.3, -0.25) is 14.9 Å². The van der Waals surface area contributed by atoms with Crippen LogP contribution in [0.3, 0.4) is 0 Å². The van der Waals surface area contributed by atoms with Crippen molar-refractivity contribution < 1.29 is 18.1 Å². The summed E-state index contributed by atoms with van der Waals surface area (Å²) in [6.07, 6.45) is 0. The minimum Gasteiger partial charge on any atom is -0.336 e. The number of rotatable bonds is 4. The first-order chi connectivity index (χ1) is 13.2. The molecule has 0 atom stereocenters. The molecule has 28 heavy (non-hydrogen) atoms. The van der Waals surface area contributed by atoms with Gasteiger partial charge in [-0.15, -0.1) is 0 Å². The molecule has 0 aliphatic carbocycles. The molecule has 9 heteroatoms. The first kappa shape index (κ1) is 20.0. The molecule has 148 valence electrons.